The van der Waals surface area contributed by atoms with Gasteiger partial charge in [-0.3, -0.25) is 4.79 Å². The molecule has 3 aliphatic rings. The average molecular weight is 414 g/mol. The lowest BCUT2D eigenvalue weighted by molar-refractivity contribution is -0.201. The summed E-state index contributed by atoms with van der Waals surface area (Å²) >= 11 is 0. The second kappa shape index (κ2) is 7.32. The largest absolute Gasteiger partial charge is 0.353 e. The molecule has 0 amide bonds. The number of halogens is 2. The van der Waals surface area contributed by atoms with Crippen molar-refractivity contribution >= 4 is 17.2 Å². The van der Waals surface area contributed by atoms with Gasteiger partial charge in [0.25, 0.3) is 0 Å². The van der Waals surface area contributed by atoms with Gasteiger partial charge in [0.1, 0.15) is 17.4 Å². The third kappa shape index (κ3) is 3.46. The summed E-state index contributed by atoms with van der Waals surface area (Å²) in [6, 6.07) is 12.6. The first kappa shape index (κ1) is 19.5. The fourth-order valence-corrected chi connectivity index (χ4v) is 5.04. The fourth-order valence-electron chi connectivity index (χ4n) is 5.04. The number of nitrogens with zero attached hydrogens (tertiary/aromatic N) is 2. The second-order valence-corrected chi connectivity index (χ2v) is 8.48. The Labute approximate surface area is 174 Å². The first-order valence-corrected chi connectivity index (χ1v) is 10.3. The second-order valence-electron chi connectivity index (χ2n) is 8.48. The maximum Gasteiger partial charge on any atom is 0.170 e. The maximum atomic E-state index is 13.5. The molecule has 2 aromatic carbocycles. The van der Waals surface area contributed by atoms with Crippen LogP contribution in [0.4, 0.5) is 20.2 Å². The Kier molecular flexibility index (Phi) is 4.75. The molecule has 2 spiro atoms. The van der Waals surface area contributed by atoms with Crippen LogP contribution in [0.3, 0.4) is 0 Å². The zero-order valence-electron chi connectivity index (χ0n) is 16.7. The highest BCUT2D eigenvalue weighted by Gasteiger charge is 2.55. The van der Waals surface area contributed by atoms with Crippen LogP contribution in [0.2, 0.25) is 0 Å². The molecule has 0 atom stereocenters. The number of anilines is 2. The number of rotatable bonds is 2. The number of hydrogen-bond acceptors (Lipinski definition) is 5. The molecule has 0 bridgehead atoms. The van der Waals surface area contributed by atoms with E-state index in [-0.39, 0.29) is 17.4 Å². The lowest BCUT2D eigenvalue weighted by atomic mass is 9.68. The molecule has 0 aromatic heterocycles. The molecule has 0 unspecified atom stereocenters. The Bertz CT molecular complexity index is 873. The Morgan fingerprint density at radius 1 is 0.800 bits per heavy atom. The minimum atomic E-state index is -0.714. The minimum Gasteiger partial charge on any atom is -0.353 e. The van der Waals surface area contributed by atoms with Gasteiger partial charge in [-0.1, -0.05) is 0 Å². The third-order valence-electron chi connectivity index (χ3n) is 6.46. The van der Waals surface area contributed by atoms with Crippen LogP contribution in [-0.4, -0.2) is 44.5 Å². The van der Waals surface area contributed by atoms with Crippen molar-refractivity contribution in [1.82, 2.24) is 0 Å². The van der Waals surface area contributed by atoms with Crippen LogP contribution in [0.25, 0.3) is 0 Å². The van der Waals surface area contributed by atoms with Gasteiger partial charge in [0, 0.05) is 43.7 Å². The van der Waals surface area contributed by atoms with Crippen LogP contribution < -0.4 is 9.80 Å². The summed E-state index contributed by atoms with van der Waals surface area (Å²) in [7, 11) is 0. The molecule has 1 aliphatic carbocycles. The van der Waals surface area contributed by atoms with Gasteiger partial charge >= 0.3 is 0 Å². The zero-order valence-corrected chi connectivity index (χ0v) is 16.7. The third-order valence-corrected chi connectivity index (χ3v) is 6.46. The van der Waals surface area contributed by atoms with E-state index in [2.05, 4.69) is 9.80 Å². The molecule has 7 heteroatoms. The summed E-state index contributed by atoms with van der Waals surface area (Å²) < 4.78 is 38.9. The molecular weight excluding hydrogens is 390 g/mol. The van der Waals surface area contributed by atoms with Gasteiger partial charge in [-0.05, 0) is 48.5 Å². The van der Waals surface area contributed by atoms with Gasteiger partial charge in [0.05, 0.1) is 25.3 Å². The zero-order chi connectivity index (χ0) is 20.8. The van der Waals surface area contributed by atoms with Gasteiger partial charge in [0.15, 0.2) is 5.79 Å². The topological polar surface area (TPSA) is 42.0 Å². The Morgan fingerprint density at radius 3 is 1.80 bits per heavy atom. The lowest BCUT2D eigenvalue weighted by Gasteiger charge is -2.52. The summed E-state index contributed by atoms with van der Waals surface area (Å²) in [5.74, 6) is -1.14. The number of ketones is 1. The number of hydrogen-bond donors (Lipinski definition) is 0. The van der Waals surface area contributed by atoms with Crippen molar-refractivity contribution in [3.8, 4) is 0 Å². The summed E-state index contributed by atoms with van der Waals surface area (Å²) in [6.45, 7) is 2.59. The standard InChI is InChI=1S/C23H24F2N2O3/c24-17-1-5-19(6-2-17)26-14-22(13-23(10-9-21(22)28)29-11-12-30-23)15-27(16-26)20-7-3-18(25)4-8-20/h1-8H,9-16H2. The molecule has 0 radical (unpaired) electrons. The molecule has 1 saturated carbocycles. The van der Waals surface area contributed by atoms with Crippen molar-refractivity contribution < 1.29 is 23.0 Å². The lowest BCUT2D eigenvalue weighted by Crippen LogP contribution is -2.63. The van der Waals surface area contributed by atoms with E-state index in [4.69, 9.17) is 9.47 Å². The summed E-state index contributed by atoms with van der Waals surface area (Å²) in [5.41, 5.74) is 0.982. The van der Waals surface area contributed by atoms with Gasteiger partial charge < -0.3 is 19.3 Å². The summed E-state index contributed by atoms with van der Waals surface area (Å²) in [5, 5.41) is 0. The van der Waals surface area contributed by atoms with Crippen LogP contribution >= 0.6 is 0 Å². The Morgan fingerprint density at radius 2 is 1.30 bits per heavy atom. The van der Waals surface area contributed by atoms with Crippen LogP contribution in [0.5, 0.6) is 0 Å². The molecule has 2 saturated heterocycles. The van der Waals surface area contributed by atoms with Crippen LogP contribution in [0.1, 0.15) is 19.3 Å². The van der Waals surface area contributed by atoms with E-state index in [1.807, 2.05) is 0 Å². The maximum absolute atomic E-state index is 13.5. The first-order chi connectivity index (χ1) is 14.5. The van der Waals surface area contributed by atoms with Gasteiger partial charge in [-0.15, -0.1) is 0 Å². The van der Waals surface area contributed by atoms with Crippen molar-refractivity contribution in [2.24, 2.45) is 5.41 Å². The van der Waals surface area contributed by atoms with Gasteiger partial charge in [-0.2, -0.15) is 0 Å². The molecule has 2 aromatic rings. The number of carbonyl (C=O) groups excluding carboxylic acids is 1. The van der Waals surface area contributed by atoms with E-state index in [1.165, 1.54) is 24.3 Å². The van der Waals surface area contributed by atoms with Crippen molar-refractivity contribution in [3.63, 3.8) is 0 Å². The molecule has 0 N–H and O–H groups in total. The molecule has 158 valence electrons. The van der Waals surface area contributed by atoms with Crippen LogP contribution in [0.15, 0.2) is 48.5 Å². The fraction of sp³-hybridized carbons (Fsp3) is 0.435. The van der Waals surface area contributed by atoms with Crippen LogP contribution in [-0.2, 0) is 14.3 Å². The predicted molar refractivity (Wildman–Crippen MR) is 108 cm³/mol. The Hall–Kier alpha value is -2.51. The van der Waals surface area contributed by atoms with E-state index in [1.54, 1.807) is 24.3 Å². The number of benzene rings is 2. The smallest absolute Gasteiger partial charge is 0.170 e. The highest BCUT2D eigenvalue weighted by molar-refractivity contribution is 5.88. The van der Waals surface area contributed by atoms with E-state index in [0.29, 0.717) is 52.2 Å². The molecule has 3 fully saturated rings. The number of ether oxygens (including phenoxy) is 2. The minimum absolute atomic E-state index is 0.186. The van der Waals surface area contributed by atoms with E-state index >= 15 is 0 Å². The normalized spacial score (nSPS) is 22.8. The summed E-state index contributed by atoms with van der Waals surface area (Å²) in [6.07, 6.45) is 1.45. The highest BCUT2D eigenvalue weighted by Crippen LogP contribution is 2.47. The molecule has 2 aliphatic heterocycles. The molecular formula is C23H24F2N2O3. The molecule has 30 heavy (non-hydrogen) atoms. The highest BCUT2D eigenvalue weighted by atomic mass is 19.1. The van der Waals surface area contributed by atoms with E-state index in [0.717, 1.165) is 11.4 Å². The van der Waals surface area contributed by atoms with Crippen molar-refractivity contribution in [1.29, 1.82) is 0 Å². The van der Waals surface area contributed by atoms with Crippen LogP contribution in [0, 0.1) is 17.0 Å². The quantitative estimate of drug-likeness (QED) is 0.749. The molecule has 5 rings (SSSR count). The average Bonchev–Trinajstić information content (AvgIpc) is 3.20. The summed E-state index contributed by atoms with van der Waals surface area (Å²) in [4.78, 5) is 17.5. The SMILES string of the molecule is O=C1CCC2(CC13CN(c1ccc(F)cc1)CN(c1ccc(F)cc1)C3)OCCO2. The van der Waals surface area contributed by atoms with Crippen molar-refractivity contribution in [3.05, 3.63) is 60.2 Å². The van der Waals surface area contributed by atoms with E-state index < -0.39 is 11.2 Å². The molecule has 5 nitrogen and oxygen atoms in total. The predicted octanol–water partition coefficient (Wildman–Crippen LogP) is 3.73. The van der Waals surface area contributed by atoms with Gasteiger partial charge in [-0.25, -0.2) is 8.78 Å². The van der Waals surface area contributed by atoms with E-state index in [9.17, 15) is 13.6 Å². The molecule has 2 heterocycles. The monoisotopic (exact) mass is 414 g/mol. The van der Waals surface area contributed by atoms with Crippen molar-refractivity contribution in [2.45, 2.75) is 25.0 Å². The van der Waals surface area contributed by atoms with Gasteiger partial charge in [0.2, 0.25) is 0 Å². The van der Waals surface area contributed by atoms with Crippen molar-refractivity contribution in [2.75, 3.05) is 42.8 Å². The first-order valence-electron chi connectivity index (χ1n) is 10.3. The number of Topliss-reactive ketones (excluding diaryl/α,β-unsaturated/α-hetero) is 1. The number of carbonyl (C=O) groups is 1. The Balaban J connectivity index is 1.52.